The van der Waals surface area contributed by atoms with Gasteiger partial charge in [0.15, 0.2) is 0 Å². The molecular formula is C29H26N4O6S. The lowest BCUT2D eigenvalue weighted by Crippen LogP contribution is -2.39. The van der Waals surface area contributed by atoms with E-state index in [2.05, 4.69) is 10.5 Å². The molecule has 1 N–H and O–H groups in total. The van der Waals surface area contributed by atoms with E-state index >= 15 is 0 Å². The molecule has 204 valence electrons. The highest BCUT2D eigenvalue weighted by Crippen LogP contribution is 2.23. The molecule has 40 heavy (non-hydrogen) atoms. The molecule has 0 unspecified atom stereocenters. The molecule has 4 aromatic carbocycles. The largest absolute Gasteiger partial charge is 0.489 e. The molecule has 0 aliphatic rings. The third-order valence-corrected chi connectivity index (χ3v) is 7.56. The van der Waals surface area contributed by atoms with Crippen molar-refractivity contribution in [1.29, 1.82) is 0 Å². The van der Waals surface area contributed by atoms with Gasteiger partial charge in [-0.25, -0.2) is 13.8 Å². The summed E-state index contributed by atoms with van der Waals surface area (Å²) in [5.41, 5.74) is 5.13. The zero-order valence-corrected chi connectivity index (χ0v) is 22.3. The number of anilines is 1. The molecule has 11 heteroatoms. The van der Waals surface area contributed by atoms with Crippen molar-refractivity contribution in [3.05, 3.63) is 130 Å². The zero-order chi connectivity index (χ0) is 28.5. The zero-order valence-electron chi connectivity index (χ0n) is 21.5. The van der Waals surface area contributed by atoms with Gasteiger partial charge >= 0.3 is 0 Å². The topological polar surface area (TPSA) is 131 Å². The SMILES string of the molecule is Cc1ccc(S(=O)(=O)N(CC(=O)N/N=C\c2ccc(OCc3ccc([N+](=O)[O-])cc3)cc2)c2ccccc2)cc1. The first-order chi connectivity index (χ1) is 19.2. The van der Waals surface area contributed by atoms with Crippen LogP contribution < -0.4 is 14.5 Å². The van der Waals surface area contributed by atoms with Crippen LogP contribution in [0.25, 0.3) is 0 Å². The van der Waals surface area contributed by atoms with E-state index in [9.17, 15) is 23.3 Å². The number of ether oxygens (including phenoxy) is 1. The van der Waals surface area contributed by atoms with Gasteiger partial charge < -0.3 is 4.74 Å². The van der Waals surface area contributed by atoms with Crippen LogP contribution in [0.5, 0.6) is 5.75 Å². The number of nitro benzene ring substituents is 1. The van der Waals surface area contributed by atoms with Crippen molar-refractivity contribution < 1.29 is 22.9 Å². The van der Waals surface area contributed by atoms with Gasteiger partial charge in [-0.2, -0.15) is 5.10 Å². The number of hydrogen-bond acceptors (Lipinski definition) is 7. The van der Waals surface area contributed by atoms with Gasteiger partial charge in [-0.1, -0.05) is 35.9 Å². The van der Waals surface area contributed by atoms with Crippen LogP contribution in [0.2, 0.25) is 0 Å². The number of aryl methyl sites for hydroxylation is 1. The van der Waals surface area contributed by atoms with Gasteiger partial charge in [0.2, 0.25) is 0 Å². The number of nitrogens with zero attached hydrogens (tertiary/aromatic N) is 3. The molecule has 0 aliphatic heterocycles. The summed E-state index contributed by atoms with van der Waals surface area (Å²) < 4.78 is 33.5. The van der Waals surface area contributed by atoms with E-state index in [-0.39, 0.29) is 17.2 Å². The number of benzene rings is 4. The fourth-order valence-corrected chi connectivity index (χ4v) is 5.04. The fourth-order valence-electron chi connectivity index (χ4n) is 3.62. The maximum Gasteiger partial charge on any atom is 0.269 e. The Morgan fingerprint density at radius 2 is 1.60 bits per heavy atom. The molecule has 0 saturated heterocycles. The number of sulfonamides is 1. The van der Waals surface area contributed by atoms with Gasteiger partial charge in [0.25, 0.3) is 21.6 Å². The Bertz CT molecular complexity index is 1590. The van der Waals surface area contributed by atoms with Crippen molar-refractivity contribution in [3.63, 3.8) is 0 Å². The predicted molar refractivity (Wildman–Crippen MR) is 152 cm³/mol. The van der Waals surface area contributed by atoms with Crippen LogP contribution in [0.1, 0.15) is 16.7 Å². The van der Waals surface area contributed by atoms with Crippen molar-refractivity contribution in [1.82, 2.24) is 5.43 Å². The number of amides is 1. The molecule has 1 amide bonds. The molecule has 0 atom stereocenters. The van der Waals surface area contributed by atoms with Gasteiger partial charge in [-0.3, -0.25) is 19.2 Å². The third-order valence-electron chi connectivity index (χ3n) is 5.78. The normalized spacial score (nSPS) is 11.2. The van der Waals surface area contributed by atoms with E-state index in [1.54, 1.807) is 78.9 Å². The number of rotatable bonds is 11. The molecular weight excluding hydrogens is 532 g/mol. The highest BCUT2D eigenvalue weighted by Gasteiger charge is 2.27. The number of non-ortho nitro benzene ring substituents is 1. The van der Waals surface area contributed by atoms with Crippen LogP contribution in [-0.4, -0.2) is 32.0 Å². The molecule has 10 nitrogen and oxygen atoms in total. The summed E-state index contributed by atoms with van der Waals surface area (Å²) in [5, 5.41) is 14.7. The molecule has 0 fully saturated rings. The minimum Gasteiger partial charge on any atom is -0.489 e. The van der Waals surface area contributed by atoms with E-state index in [4.69, 9.17) is 4.74 Å². The van der Waals surface area contributed by atoms with Gasteiger partial charge in [0, 0.05) is 12.1 Å². The lowest BCUT2D eigenvalue weighted by atomic mass is 10.2. The average molecular weight is 559 g/mol. The van der Waals surface area contributed by atoms with Gasteiger partial charge in [-0.05, 0) is 78.7 Å². The van der Waals surface area contributed by atoms with Crippen molar-refractivity contribution in [2.24, 2.45) is 5.10 Å². The Morgan fingerprint density at radius 1 is 0.950 bits per heavy atom. The second-order valence-corrected chi connectivity index (χ2v) is 10.6. The number of nitrogens with one attached hydrogen (secondary N) is 1. The first-order valence-electron chi connectivity index (χ1n) is 12.1. The molecule has 0 aromatic heterocycles. The second-order valence-electron chi connectivity index (χ2n) is 8.73. The summed E-state index contributed by atoms with van der Waals surface area (Å²) in [5.74, 6) is -0.0294. The van der Waals surface area contributed by atoms with Crippen molar-refractivity contribution in [2.75, 3.05) is 10.8 Å². The number of carbonyl (C=O) groups excluding carboxylic acids is 1. The van der Waals surface area contributed by atoms with Gasteiger partial charge in [-0.15, -0.1) is 0 Å². The Kier molecular flexibility index (Phi) is 8.87. The molecule has 0 heterocycles. The summed E-state index contributed by atoms with van der Waals surface area (Å²) in [6.07, 6.45) is 1.43. The van der Waals surface area contributed by atoms with E-state index in [1.807, 2.05) is 6.92 Å². The van der Waals surface area contributed by atoms with Crippen molar-refractivity contribution in [2.45, 2.75) is 18.4 Å². The monoisotopic (exact) mass is 558 g/mol. The molecule has 0 saturated carbocycles. The maximum absolute atomic E-state index is 13.4. The lowest BCUT2D eigenvalue weighted by Gasteiger charge is -2.23. The average Bonchev–Trinajstić information content (AvgIpc) is 2.96. The highest BCUT2D eigenvalue weighted by molar-refractivity contribution is 7.92. The smallest absolute Gasteiger partial charge is 0.269 e. The summed E-state index contributed by atoms with van der Waals surface area (Å²) in [6.45, 7) is 1.64. The van der Waals surface area contributed by atoms with Crippen LogP contribution >= 0.6 is 0 Å². The van der Waals surface area contributed by atoms with Crippen LogP contribution in [0.15, 0.2) is 113 Å². The second kappa shape index (κ2) is 12.7. The molecule has 4 aromatic rings. The Labute approximate surface area is 231 Å². The maximum atomic E-state index is 13.4. The molecule has 0 aliphatic carbocycles. The third kappa shape index (κ3) is 7.29. The molecule has 4 rings (SSSR count). The lowest BCUT2D eigenvalue weighted by molar-refractivity contribution is -0.384. The Morgan fingerprint density at radius 3 is 2.23 bits per heavy atom. The van der Waals surface area contributed by atoms with E-state index in [0.717, 1.165) is 15.4 Å². The van der Waals surface area contributed by atoms with E-state index in [0.29, 0.717) is 17.0 Å². The number of carbonyl (C=O) groups is 1. The Balaban J connectivity index is 1.36. The minimum absolute atomic E-state index is 0.0140. The first-order valence-corrected chi connectivity index (χ1v) is 13.6. The van der Waals surface area contributed by atoms with Crippen molar-refractivity contribution >= 4 is 33.5 Å². The van der Waals surface area contributed by atoms with Gasteiger partial charge in [0.05, 0.1) is 21.7 Å². The van der Waals surface area contributed by atoms with E-state index in [1.165, 1.54) is 30.5 Å². The van der Waals surface area contributed by atoms with Crippen LogP contribution in [0, 0.1) is 17.0 Å². The standard InChI is InChI=1S/C29H26N4O6S/c1-22-7-17-28(18-8-22)40(37,38)32(25-5-3-2-4-6-25)20-29(34)31-30-19-23-11-15-27(16-12-23)39-21-24-9-13-26(14-10-24)33(35)36/h2-19H,20-21H2,1H3,(H,31,34)/b30-19-. The molecule has 0 bridgehead atoms. The van der Waals surface area contributed by atoms with Crippen LogP contribution in [-0.2, 0) is 21.4 Å². The van der Waals surface area contributed by atoms with Gasteiger partial charge in [0.1, 0.15) is 18.9 Å². The number of para-hydroxylation sites is 1. The van der Waals surface area contributed by atoms with Crippen LogP contribution in [0.3, 0.4) is 0 Å². The number of hydrazone groups is 1. The summed E-state index contributed by atoms with van der Waals surface area (Å²) in [6, 6.07) is 27.8. The molecule has 0 radical (unpaired) electrons. The first kappa shape index (κ1) is 28.0. The van der Waals surface area contributed by atoms with Crippen molar-refractivity contribution in [3.8, 4) is 5.75 Å². The summed E-state index contributed by atoms with van der Waals surface area (Å²) in [4.78, 5) is 23.1. The fraction of sp³-hybridized carbons (Fsp3) is 0.103. The number of nitro groups is 1. The summed E-state index contributed by atoms with van der Waals surface area (Å²) in [7, 11) is -4.00. The number of hydrogen-bond donors (Lipinski definition) is 1. The summed E-state index contributed by atoms with van der Waals surface area (Å²) >= 11 is 0. The Hall–Kier alpha value is -5.03. The quantitative estimate of drug-likeness (QED) is 0.159. The minimum atomic E-state index is -4.00. The predicted octanol–water partition coefficient (Wildman–Crippen LogP) is 4.83. The molecule has 0 spiro atoms. The highest BCUT2D eigenvalue weighted by atomic mass is 32.2. The van der Waals surface area contributed by atoms with Crippen LogP contribution in [0.4, 0.5) is 11.4 Å². The van der Waals surface area contributed by atoms with E-state index < -0.39 is 27.4 Å².